The number of ether oxygens (including phenoxy) is 1. The van der Waals surface area contributed by atoms with Crippen LogP contribution in [0.2, 0.25) is 0 Å². The molecule has 27 heavy (non-hydrogen) atoms. The maximum Gasteiger partial charge on any atom is 0.417 e. The third-order valence-corrected chi connectivity index (χ3v) is 4.03. The van der Waals surface area contributed by atoms with Crippen LogP contribution in [-0.2, 0) is 10.9 Å². The first-order valence-corrected chi connectivity index (χ1v) is 7.82. The summed E-state index contributed by atoms with van der Waals surface area (Å²) in [5.74, 6) is -1.94. The highest BCUT2D eigenvalue weighted by Crippen LogP contribution is 2.30. The molecule has 1 aliphatic rings. The van der Waals surface area contributed by atoms with E-state index in [1.807, 2.05) is 0 Å². The molecule has 0 unspecified atom stereocenters. The lowest BCUT2D eigenvalue weighted by molar-refractivity contribution is -0.137. The summed E-state index contributed by atoms with van der Waals surface area (Å²) in [4.78, 5) is 29.1. The van der Waals surface area contributed by atoms with Crippen LogP contribution in [0.3, 0.4) is 0 Å². The number of carbonyl (C=O) groups excluding carboxylic acids is 2. The van der Waals surface area contributed by atoms with Crippen LogP contribution < -0.4 is 4.90 Å². The van der Waals surface area contributed by atoms with E-state index < -0.39 is 29.5 Å². The fraction of sp³-hybridized carbons (Fsp3) is 0.222. The molecule has 1 saturated heterocycles. The molecule has 0 radical (unpaired) electrons. The van der Waals surface area contributed by atoms with Gasteiger partial charge in [0.1, 0.15) is 6.61 Å². The molecule has 0 saturated carbocycles. The molecule has 1 aromatic heterocycles. The largest absolute Gasteiger partial charge is 0.447 e. The van der Waals surface area contributed by atoms with E-state index in [-0.39, 0.29) is 17.9 Å². The summed E-state index contributed by atoms with van der Waals surface area (Å²) in [6.07, 6.45) is -4.45. The van der Waals surface area contributed by atoms with Crippen molar-refractivity contribution in [3.63, 3.8) is 0 Å². The first kappa shape index (κ1) is 18.4. The summed E-state index contributed by atoms with van der Waals surface area (Å²) in [6.45, 7) is 0.665. The van der Waals surface area contributed by atoms with Gasteiger partial charge in [0.05, 0.1) is 23.9 Å². The molecular formula is C18H12F3N3O3. The van der Waals surface area contributed by atoms with E-state index in [4.69, 9.17) is 4.74 Å². The Bertz CT molecular complexity index is 903. The van der Waals surface area contributed by atoms with Crippen LogP contribution in [0.1, 0.15) is 27.5 Å². The van der Waals surface area contributed by atoms with E-state index in [1.54, 1.807) is 6.07 Å². The maximum atomic E-state index is 12.6. The third kappa shape index (κ3) is 3.74. The van der Waals surface area contributed by atoms with Crippen LogP contribution in [0.4, 0.5) is 23.7 Å². The Morgan fingerprint density at radius 2 is 1.93 bits per heavy atom. The van der Waals surface area contributed by atoms with E-state index in [2.05, 4.69) is 4.98 Å². The molecular weight excluding hydrogens is 363 g/mol. The summed E-state index contributed by atoms with van der Waals surface area (Å²) in [7, 11) is 0. The van der Waals surface area contributed by atoms with Crippen molar-refractivity contribution in [3.05, 3.63) is 59.4 Å². The second-order valence-corrected chi connectivity index (χ2v) is 5.71. The molecule has 1 aromatic carbocycles. The van der Waals surface area contributed by atoms with Gasteiger partial charge in [0.2, 0.25) is 0 Å². The summed E-state index contributed by atoms with van der Waals surface area (Å²) in [5, 5.41) is 9.30. The molecule has 0 bridgehead atoms. The van der Waals surface area contributed by atoms with Gasteiger partial charge in [0.25, 0.3) is 0 Å². The molecule has 138 valence electrons. The number of hydrogen-bond acceptors (Lipinski definition) is 5. The zero-order valence-electron chi connectivity index (χ0n) is 13.7. The number of hydrogen-bond donors (Lipinski definition) is 0. The Morgan fingerprint density at radius 3 is 2.41 bits per heavy atom. The average molecular weight is 375 g/mol. The number of nitrogens with zero attached hydrogens (tertiary/aromatic N) is 3. The first-order valence-electron chi connectivity index (χ1n) is 7.82. The molecule has 1 aliphatic heterocycles. The van der Waals surface area contributed by atoms with E-state index in [9.17, 15) is 28.0 Å². The zero-order chi connectivity index (χ0) is 19.6. The number of amides is 1. The van der Waals surface area contributed by atoms with Gasteiger partial charge in [-0.05, 0) is 36.4 Å². The number of cyclic esters (lactones) is 1. The molecule has 0 N–H and O–H groups in total. The number of nitriles is 1. The van der Waals surface area contributed by atoms with Crippen LogP contribution in [0.25, 0.3) is 0 Å². The summed E-state index contributed by atoms with van der Waals surface area (Å²) >= 11 is 0. The fourth-order valence-corrected chi connectivity index (χ4v) is 2.60. The number of ketones is 1. The summed E-state index contributed by atoms with van der Waals surface area (Å²) in [5.41, 5.74) is -0.310. The van der Waals surface area contributed by atoms with Gasteiger partial charge in [-0.15, -0.1) is 0 Å². The number of benzene rings is 1. The van der Waals surface area contributed by atoms with E-state index in [0.29, 0.717) is 18.4 Å². The zero-order valence-corrected chi connectivity index (χ0v) is 13.7. The minimum atomic E-state index is -4.55. The molecule has 0 spiro atoms. The number of Topliss-reactive ketones (excluding diaryl/α,β-unsaturated/α-hetero) is 1. The van der Waals surface area contributed by atoms with Crippen molar-refractivity contribution in [2.24, 2.45) is 0 Å². The van der Waals surface area contributed by atoms with Crippen LogP contribution >= 0.6 is 0 Å². The summed E-state index contributed by atoms with van der Waals surface area (Å²) in [6, 6.07) is 9.53. The van der Waals surface area contributed by atoms with Crippen LogP contribution in [-0.4, -0.2) is 30.0 Å². The van der Waals surface area contributed by atoms with Gasteiger partial charge < -0.3 is 4.74 Å². The van der Waals surface area contributed by atoms with Crippen molar-refractivity contribution in [1.29, 1.82) is 5.26 Å². The van der Waals surface area contributed by atoms with Gasteiger partial charge in [-0.2, -0.15) is 18.4 Å². The van der Waals surface area contributed by atoms with Crippen molar-refractivity contribution in [2.75, 3.05) is 18.1 Å². The van der Waals surface area contributed by atoms with Crippen molar-refractivity contribution in [2.45, 2.75) is 12.1 Å². The number of halogens is 3. The van der Waals surface area contributed by atoms with Gasteiger partial charge in [-0.25, -0.2) is 4.79 Å². The number of alkyl halides is 3. The highest BCUT2D eigenvalue weighted by atomic mass is 19.4. The van der Waals surface area contributed by atoms with Crippen molar-refractivity contribution < 1.29 is 27.5 Å². The lowest BCUT2D eigenvalue weighted by atomic mass is 9.95. The SMILES string of the molecule is N#C[C@@H](C(=O)c1ccc(N2CCOC2=O)cc1)c1ccc(C(F)(F)F)cn1. The highest BCUT2D eigenvalue weighted by Gasteiger charge is 2.32. The highest BCUT2D eigenvalue weighted by molar-refractivity contribution is 6.03. The normalized spacial score (nSPS) is 15.2. The van der Waals surface area contributed by atoms with E-state index in [1.165, 1.54) is 29.2 Å². The fourth-order valence-electron chi connectivity index (χ4n) is 2.60. The topological polar surface area (TPSA) is 83.3 Å². The van der Waals surface area contributed by atoms with Crippen LogP contribution in [0, 0.1) is 11.3 Å². The Labute approximate surface area is 151 Å². The molecule has 1 amide bonds. The number of aromatic nitrogens is 1. The van der Waals surface area contributed by atoms with Crippen molar-refractivity contribution >= 4 is 17.6 Å². The van der Waals surface area contributed by atoms with Gasteiger partial charge in [-0.1, -0.05) is 0 Å². The Morgan fingerprint density at radius 1 is 1.22 bits per heavy atom. The number of pyridine rings is 1. The lowest BCUT2D eigenvalue weighted by Crippen LogP contribution is -2.23. The standard InChI is InChI=1S/C18H12F3N3O3/c19-18(20,21)12-3-6-15(23-10-12)14(9-22)16(25)11-1-4-13(5-2-11)24-7-8-27-17(24)26/h1-6,10,14H,7-8H2/t14-/m1/s1. The lowest BCUT2D eigenvalue weighted by Gasteiger charge is -2.14. The molecule has 1 fully saturated rings. The molecule has 1 atom stereocenters. The molecule has 0 aliphatic carbocycles. The smallest absolute Gasteiger partial charge is 0.417 e. The maximum absolute atomic E-state index is 12.6. The second kappa shape index (κ2) is 7.07. The average Bonchev–Trinajstić information content (AvgIpc) is 3.08. The minimum Gasteiger partial charge on any atom is -0.447 e. The second-order valence-electron chi connectivity index (χ2n) is 5.71. The monoisotopic (exact) mass is 375 g/mol. The Kier molecular flexibility index (Phi) is 4.81. The molecule has 6 nitrogen and oxygen atoms in total. The molecule has 9 heteroatoms. The van der Waals surface area contributed by atoms with E-state index >= 15 is 0 Å². The number of carbonyl (C=O) groups is 2. The van der Waals surface area contributed by atoms with E-state index in [0.717, 1.165) is 12.1 Å². The summed E-state index contributed by atoms with van der Waals surface area (Å²) < 4.78 is 42.7. The van der Waals surface area contributed by atoms with Gasteiger partial charge >= 0.3 is 12.3 Å². The Balaban J connectivity index is 1.81. The van der Waals surface area contributed by atoms with Gasteiger partial charge in [0.15, 0.2) is 11.7 Å². The van der Waals surface area contributed by atoms with Crippen LogP contribution in [0.5, 0.6) is 0 Å². The molecule has 3 rings (SSSR count). The molecule has 2 aromatic rings. The van der Waals surface area contributed by atoms with Crippen LogP contribution in [0.15, 0.2) is 42.6 Å². The molecule has 2 heterocycles. The number of anilines is 1. The quantitative estimate of drug-likeness (QED) is 0.763. The van der Waals surface area contributed by atoms with Crippen molar-refractivity contribution in [3.8, 4) is 6.07 Å². The number of rotatable bonds is 4. The predicted molar refractivity (Wildman–Crippen MR) is 87.1 cm³/mol. The first-order chi connectivity index (χ1) is 12.8. The third-order valence-electron chi connectivity index (χ3n) is 4.03. The van der Waals surface area contributed by atoms with Gasteiger partial charge in [0, 0.05) is 17.4 Å². The minimum absolute atomic E-state index is 0.0669. The predicted octanol–water partition coefficient (Wildman–Crippen LogP) is 3.55. The Hall–Kier alpha value is -3.41. The van der Waals surface area contributed by atoms with Crippen molar-refractivity contribution in [1.82, 2.24) is 4.98 Å². The van der Waals surface area contributed by atoms with Gasteiger partial charge in [-0.3, -0.25) is 14.7 Å².